The Morgan fingerprint density at radius 1 is 1.05 bits per heavy atom. The molecule has 8 nitrogen and oxygen atoms in total. The standard InChI is InChI=1S/C27H23Cl2N5O3/c1-36-25-18(24-30-12-13-31-24)9-10-21(33-25)27(22-14-32-20(15-35)26(34-22)37-2)11-5-7-17(23(27)29)16-6-3-4-8-19(16)28/h3-11,14-15,23H,12-13H2,1-2H3,(H,30,31). The van der Waals surface area contributed by atoms with Gasteiger partial charge in [-0.3, -0.25) is 9.79 Å². The summed E-state index contributed by atoms with van der Waals surface area (Å²) in [5.74, 6) is 1.20. The smallest absolute Gasteiger partial charge is 0.243 e. The number of halogens is 2. The van der Waals surface area contributed by atoms with E-state index in [1.807, 2.05) is 54.6 Å². The molecule has 0 bridgehead atoms. The third-order valence-corrected chi connectivity index (χ3v) is 7.30. The molecule has 3 aromatic rings. The fraction of sp³-hybridized carbons (Fsp3) is 0.222. The molecule has 2 aromatic heterocycles. The fourth-order valence-corrected chi connectivity index (χ4v) is 5.33. The molecular weight excluding hydrogens is 513 g/mol. The molecule has 2 aliphatic rings. The van der Waals surface area contributed by atoms with Crippen molar-refractivity contribution in [2.24, 2.45) is 4.99 Å². The van der Waals surface area contributed by atoms with Crippen LogP contribution in [-0.4, -0.2) is 59.8 Å². The number of carbonyl (C=O) groups excluding carboxylic acids is 1. The molecule has 0 spiro atoms. The van der Waals surface area contributed by atoms with Crippen molar-refractivity contribution in [3.05, 3.63) is 94.1 Å². The van der Waals surface area contributed by atoms with Crippen LogP contribution in [-0.2, 0) is 5.41 Å². The van der Waals surface area contributed by atoms with Crippen molar-refractivity contribution in [2.75, 3.05) is 27.3 Å². The fourth-order valence-electron chi connectivity index (χ4n) is 4.60. The second-order valence-electron chi connectivity index (χ2n) is 8.37. The van der Waals surface area contributed by atoms with Gasteiger partial charge in [0.2, 0.25) is 11.8 Å². The van der Waals surface area contributed by atoms with Crippen molar-refractivity contribution in [1.29, 1.82) is 0 Å². The zero-order chi connectivity index (χ0) is 26.0. The summed E-state index contributed by atoms with van der Waals surface area (Å²) in [6.45, 7) is 1.43. The first-order valence-electron chi connectivity index (χ1n) is 11.5. The number of nitrogens with one attached hydrogen (secondary N) is 1. The SMILES string of the molecule is COc1nc(C2(c3cnc(C=O)c(OC)n3)C=CC=C(c3ccccc3Cl)C2Cl)ccc1C1=NCCN1. The van der Waals surface area contributed by atoms with E-state index in [0.717, 1.165) is 29.1 Å². The van der Waals surface area contributed by atoms with Crippen molar-refractivity contribution in [3.8, 4) is 11.8 Å². The Morgan fingerprint density at radius 2 is 1.84 bits per heavy atom. The highest BCUT2D eigenvalue weighted by Gasteiger charge is 2.46. The Morgan fingerprint density at radius 3 is 2.54 bits per heavy atom. The first-order valence-corrected chi connectivity index (χ1v) is 12.3. The second-order valence-corrected chi connectivity index (χ2v) is 9.21. The second kappa shape index (κ2) is 10.3. The maximum Gasteiger partial charge on any atom is 0.243 e. The highest BCUT2D eigenvalue weighted by Crippen LogP contribution is 2.48. The number of aromatic nitrogens is 3. The van der Waals surface area contributed by atoms with Gasteiger partial charge in [-0.1, -0.05) is 48.0 Å². The third kappa shape index (κ3) is 4.26. The number of hydrogen-bond donors (Lipinski definition) is 1. The van der Waals surface area contributed by atoms with Crippen molar-refractivity contribution < 1.29 is 14.3 Å². The molecule has 5 rings (SSSR count). The third-order valence-electron chi connectivity index (χ3n) is 6.40. The van der Waals surface area contributed by atoms with Gasteiger partial charge in [0.1, 0.15) is 5.84 Å². The zero-order valence-electron chi connectivity index (χ0n) is 20.1. The summed E-state index contributed by atoms with van der Waals surface area (Å²) in [6, 6.07) is 11.3. The van der Waals surface area contributed by atoms with E-state index < -0.39 is 10.8 Å². The molecule has 188 valence electrons. The van der Waals surface area contributed by atoms with E-state index in [-0.39, 0.29) is 11.6 Å². The zero-order valence-corrected chi connectivity index (χ0v) is 21.6. The van der Waals surface area contributed by atoms with Crippen LogP contribution in [0.5, 0.6) is 11.8 Å². The van der Waals surface area contributed by atoms with Gasteiger partial charge in [-0.15, -0.1) is 11.6 Å². The highest BCUT2D eigenvalue weighted by atomic mass is 35.5. The van der Waals surface area contributed by atoms with Gasteiger partial charge in [-0.2, -0.15) is 0 Å². The maximum atomic E-state index is 11.5. The number of alkyl halides is 1. The van der Waals surface area contributed by atoms with Crippen LogP contribution in [0.3, 0.4) is 0 Å². The molecule has 0 saturated carbocycles. The lowest BCUT2D eigenvalue weighted by Gasteiger charge is -2.38. The number of rotatable bonds is 7. The van der Waals surface area contributed by atoms with Crippen molar-refractivity contribution >= 4 is 40.9 Å². The summed E-state index contributed by atoms with van der Waals surface area (Å²) in [7, 11) is 2.99. The maximum absolute atomic E-state index is 11.5. The van der Waals surface area contributed by atoms with Crippen LogP contribution in [0.2, 0.25) is 5.02 Å². The number of benzene rings is 1. The van der Waals surface area contributed by atoms with Crippen molar-refractivity contribution in [1.82, 2.24) is 20.3 Å². The lowest BCUT2D eigenvalue weighted by Crippen LogP contribution is -2.40. The summed E-state index contributed by atoms with van der Waals surface area (Å²) in [4.78, 5) is 29.9. The predicted octanol–water partition coefficient (Wildman–Crippen LogP) is 4.25. The molecule has 3 heterocycles. The Hall–Kier alpha value is -3.75. The number of carbonyl (C=O) groups is 1. The number of methoxy groups -OCH3 is 2. The summed E-state index contributed by atoms with van der Waals surface area (Å²) >= 11 is 13.9. The molecule has 1 aromatic carbocycles. The van der Waals surface area contributed by atoms with Crippen LogP contribution in [0, 0.1) is 0 Å². The van der Waals surface area contributed by atoms with Crippen LogP contribution in [0.15, 0.2) is 65.8 Å². The quantitative estimate of drug-likeness (QED) is 0.356. The van der Waals surface area contributed by atoms with Gasteiger partial charge in [0.05, 0.1) is 54.7 Å². The van der Waals surface area contributed by atoms with Gasteiger partial charge < -0.3 is 14.8 Å². The van der Waals surface area contributed by atoms with Gasteiger partial charge in [-0.05, 0) is 29.3 Å². The molecule has 2 atom stereocenters. The number of amidine groups is 1. The Labute approximate surface area is 224 Å². The lowest BCUT2D eigenvalue weighted by atomic mass is 9.71. The largest absolute Gasteiger partial charge is 0.480 e. The molecule has 37 heavy (non-hydrogen) atoms. The molecule has 1 aliphatic heterocycles. The monoisotopic (exact) mass is 535 g/mol. The molecule has 0 amide bonds. The molecule has 10 heteroatoms. The van der Waals surface area contributed by atoms with E-state index >= 15 is 0 Å². The Bertz CT molecular complexity index is 1460. The summed E-state index contributed by atoms with van der Waals surface area (Å²) in [6.07, 6.45) is 7.85. The number of aldehydes is 1. The van der Waals surface area contributed by atoms with Crippen molar-refractivity contribution in [3.63, 3.8) is 0 Å². The Balaban J connectivity index is 1.73. The van der Waals surface area contributed by atoms with Crippen LogP contribution >= 0.6 is 23.2 Å². The van der Waals surface area contributed by atoms with Crippen molar-refractivity contribution in [2.45, 2.75) is 10.8 Å². The number of allylic oxidation sites excluding steroid dienone is 4. The topological polar surface area (TPSA) is 98.6 Å². The van der Waals surface area contributed by atoms with E-state index in [1.54, 1.807) is 7.11 Å². The van der Waals surface area contributed by atoms with Crippen LogP contribution in [0.25, 0.3) is 5.57 Å². The average Bonchev–Trinajstić information content (AvgIpc) is 3.48. The number of aliphatic imine (C=N–C) groups is 1. The molecule has 0 radical (unpaired) electrons. The first-order chi connectivity index (χ1) is 18.0. The van der Waals surface area contributed by atoms with E-state index in [4.69, 9.17) is 37.7 Å². The summed E-state index contributed by atoms with van der Waals surface area (Å²) in [5, 5.41) is 3.11. The van der Waals surface area contributed by atoms with Crippen LogP contribution < -0.4 is 14.8 Å². The first kappa shape index (κ1) is 24.9. The molecule has 0 saturated heterocycles. The van der Waals surface area contributed by atoms with Gasteiger partial charge in [0, 0.05) is 11.6 Å². The number of pyridine rings is 1. The summed E-state index contributed by atoms with van der Waals surface area (Å²) in [5.41, 5.74) is 2.30. The molecular formula is C27H23Cl2N5O3. The van der Waals surface area contributed by atoms with Crippen LogP contribution in [0.1, 0.15) is 33.0 Å². The normalized spacial score (nSPS) is 20.6. The van der Waals surface area contributed by atoms with E-state index in [9.17, 15) is 4.79 Å². The van der Waals surface area contributed by atoms with E-state index in [0.29, 0.717) is 35.1 Å². The average molecular weight is 536 g/mol. The minimum atomic E-state index is -1.11. The number of hydrogen-bond acceptors (Lipinski definition) is 8. The van der Waals surface area contributed by atoms with E-state index in [1.165, 1.54) is 13.3 Å². The van der Waals surface area contributed by atoms with Gasteiger partial charge in [0.25, 0.3) is 0 Å². The number of ether oxygens (including phenoxy) is 2. The van der Waals surface area contributed by atoms with E-state index in [2.05, 4.69) is 20.3 Å². The molecule has 2 unspecified atom stereocenters. The van der Waals surface area contributed by atoms with Gasteiger partial charge >= 0.3 is 0 Å². The number of nitrogens with zero attached hydrogens (tertiary/aromatic N) is 4. The minimum Gasteiger partial charge on any atom is -0.480 e. The molecule has 1 N–H and O–H groups in total. The minimum absolute atomic E-state index is 0.0837. The van der Waals surface area contributed by atoms with Gasteiger partial charge in [0.15, 0.2) is 12.0 Å². The predicted molar refractivity (Wildman–Crippen MR) is 143 cm³/mol. The Kier molecular flexibility index (Phi) is 6.95. The summed E-state index contributed by atoms with van der Waals surface area (Å²) < 4.78 is 11.0. The lowest BCUT2D eigenvalue weighted by molar-refractivity contribution is 0.111. The molecule has 0 fully saturated rings. The molecule has 1 aliphatic carbocycles. The van der Waals surface area contributed by atoms with Crippen LogP contribution in [0.4, 0.5) is 0 Å². The van der Waals surface area contributed by atoms with Gasteiger partial charge in [-0.25, -0.2) is 15.0 Å². The highest BCUT2D eigenvalue weighted by molar-refractivity contribution is 6.34.